The number of amidine groups is 1. The minimum atomic E-state index is 0.0444. The van der Waals surface area contributed by atoms with Crippen LogP contribution in [0.25, 0.3) is 0 Å². The van der Waals surface area contributed by atoms with E-state index < -0.39 is 0 Å². The summed E-state index contributed by atoms with van der Waals surface area (Å²) in [6.07, 6.45) is 4.24. The van der Waals surface area contributed by atoms with Gasteiger partial charge in [0.15, 0.2) is 5.84 Å². The molecule has 0 radical (unpaired) electrons. The van der Waals surface area contributed by atoms with Crippen molar-refractivity contribution in [2.45, 2.75) is 12.8 Å². The summed E-state index contributed by atoms with van der Waals surface area (Å²) in [6.45, 7) is 2.18. The summed E-state index contributed by atoms with van der Waals surface area (Å²) in [5.74, 6) is 0.0444. The Hall–Kier alpha value is -1.78. The van der Waals surface area contributed by atoms with Gasteiger partial charge in [0, 0.05) is 13.1 Å². The zero-order valence-corrected chi connectivity index (χ0v) is 8.43. The monoisotopic (exact) mass is 206 g/mol. The van der Waals surface area contributed by atoms with Gasteiger partial charge in [0.2, 0.25) is 0 Å². The van der Waals surface area contributed by atoms with Crippen LogP contribution in [0.4, 0.5) is 5.69 Å². The van der Waals surface area contributed by atoms with Crippen LogP contribution >= 0.6 is 0 Å². The molecule has 0 aromatic carbocycles. The zero-order chi connectivity index (χ0) is 10.7. The third-order valence-electron chi connectivity index (χ3n) is 2.59. The first-order valence-corrected chi connectivity index (χ1v) is 5.00. The number of hydrogen-bond donors (Lipinski definition) is 2. The minimum Gasteiger partial charge on any atom is -0.409 e. The predicted molar refractivity (Wildman–Crippen MR) is 58.2 cm³/mol. The fraction of sp³-hybridized carbons (Fsp3) is 0.400. The molecule has 1 aliphatic rings. The van der Waals surface area contributed by atoms with Crippen molar-refractivity contribution in [3.8, 4) is 0 Å². The van der Waals surface area contributed by atoms with Crippen LogP contribution in [-0.2, 0) is 0 Å². The second-order valence-electron chi connectivity index (χ2n) is 3.58. The van der Waals surface area contributed by atoms with Crippen molar-refractivity contribution in [2.24, 2.45) is 10.9 Å². The van der Waals surface area contributed by atoms with Crippen molar-refractivity contribution in [2.75, 3.05) is 18.0 Å². The first kappa shape index (κ1) is 9.76. The molecule has 0 spiro atoms. The smallest absolute Gasteiger partial charge is 0.188 e. The van der Waals surface area contributed by atoms with Crippen molar-refractivity contribution in [3.05, 3.63) is 24.0 Å². The molecule has 0 unspecified atom stereocenters. The lowest BCUT2D eigenvalue weighted by atomic mass is 10.3. The molecule has 1 saturated heterocycles. The Morgan fingerprint density at radius 3 is 2.67 bits per heavy atom. The largest absolute Gasteiger partial charge is 0.409 e. The molecule has 0 amide bonds. The molecule has 0 bridgehead atoms. The average Bonchev–Trinajstić information content (AvgIpc) is 2.82. The van der Waals surface area contributed by atoms with Crippen LogP contribution in [0.1, 0.15) is 18.5 Å². The number of hydrogen-bond acceptors (Lipinski definition) is 4. The van der Waals surface area contributed by atoms with Crippen molar-refractivity contribution in [1.29, 1.82) is 0 Å². The first-order valence-electron chi connectivity index (χ1n) is 5.00. The van der Waals surface area contributed by atoms with E-state index in [0.717, 1.165) is 18.8 Å². The lowest BCUT2D eigenvalue weighted by Gasteiger charge is -2.16. The maximum Gasteiger partial charge on any atom is 0.188 e. The molecular weight excluding hydrogens is 192 g/mol. The second-order valence-corrected chi connectivity index (χ2v) is 3.58. The van der Waals surface area contributed by atoms with Crippen molar-refractivity contribution >= 4 is 11.5 Å². The zero-order valence-electron chi connectivity index (χ0n) is 8.43. The Bertz CT molecular complexity index is 354. The summed E-state index contributed by atoms with van der Waals surface area (Å²) in [6, 6.07) is 3.72. The van der Waals surface area contributed by atoms with Gasteiger partial charge in [-0.1, -0.05) is 5.16 Å². The normalized spacial score (nSPS) is 17.1. The molecule has 1 aromatic heterocycles. The SMILES string of the molecule is N/C(=N/O)c1ccc(N2CCCC2)cn1. The Morgan fingerprint density at radius 1 is 1.40 bits per heavy atom. The highest BCUT2D eigenvalue weighted by Crippen LogP contribution is 2.18. The molecule has 1 fully saturated rings. The van der Waals surface area contributed by atoms with E-state index in [1.54, 1.807) is 12.3 Å². The number of aromatic nitrogens is 1. The number of rotatable bonds is 2. The number of oxime groups is 1. The topological polar surface area (TPSA) is 74.7 Å². The van der Waals surface area contributed by atoms with Gasteiger partial charge in [-0.15, -0.1) is 0 Å². The Balaban J connectivity index is 2.16. The quantitative estimate of drug-likeness (QED) is 0.324. The summed E-state index contributed by atoms with van der Waals surface area (Å²) in [7, 11) is 0. The molecule has 2 heterocycles. The van der Waals surface area contributed by atoms with Crippen LogP contribution in [-0.4, -0.2) is 29.1 Å². The highest BCUT2D eigenvalue weighted by atomic mass is 16.4. The summed E-state index contributed by atoms with van der Waals surface area (Å²) in [5.41, 5.74) is 7.02. The third kappa shape index (κ3) is 2.01. The van der Waals surface area contributed by atoms with Crippen LogP contribution in [0.5, 0.6) is 0 Å². The van der Waals surface area contributed by atoms with E-state index in [0.29, 0.717) is 5.69 Å². The number of nitrogens with two attached hydrogens (primary N) is 1. The fourth-order valence-corrected chi connectivity index (χ4v) is 1.75. The number of pyridine rings is 1. The fourth-order valence-electron chi connectivity index (χ4n) is 1.75. The summed E-state index contributed by atoms with van der Waals surface area (Å²) in [5, 5.41) is 11.4. The van der Waals surface area contributed by atoms with Crippen molar-refractivity contribution in [1.82, 2.24) is 4.98 Å². The molecule has 2 rings (SSSR count). The average molecular weight is 206 g/mol. The molecule has 0 saturated carbocycles. The molecule has 0 aliphatic carbocycles. The van der Waals surface area contributed by atoms with E-state index >= 15 is 0 Å². The first-order chi connectivity index (χ1) is 7.31. The molecule has 15 heavy (non-hydrogen) atoms. The van der Waals surface area contributed by atoms with Gasteiger partial charge in [0.1, 0.15) is 5.69 Å². The third-order valence-corrected chi connectivity index (χ3v) is 2.59. The molecule has 0 atom stereocenters. The summed E-state index contributed by atoms with van der Waals surface area (Å²) in [4.78, 5) is 6.42. The van der Waals surface area contributed by atoms with Gasteiger partial charge in [-0.3, -0.25) is 4.98 Å². The van der Waals surface area contributed by atoms with Crippen molar-refractivity contribution in [3.63, 3.8) is 0 Å². The van der Waals surface area contributed by atoms with E-state index in [2.05, 4.69) is 15.0 Å². The lowest BCUT2D eigenvalue weighted by molar-refractivity contribution is 0.318. The maximum absolute atomic E-state index is 8.48. The Kier molecular flexibility index (Phi) is 2.71. The van der Waals surface area contributed by atoms with Crippen LogP contribution in [0.3, 0.4) is 0 Å². The predicted octanol–water partition coefficient (Wildman–Crippen LogP) is 0.776. The highest BCUT2D eigenvalue weighted by Gasteiger charge is 2.12. The second kappa shape index (κ2) is 4.16. The van der Waals surface area contributed by atoms with Gasteiger partial charge in [0.05, 0.1) is 11.9 Å². The van der Waals surface area contributed by atoms with Gasteiger partial charge in [-0.25, -0.2) is 0 Å². The molecule has 1 aliphatic heterocycles. The summed E-state index contributed by atoms with van der Waals surface area (Å²) < 4.78 is 0. The van der Waals surface area contributed by atoms with E-state index in [-0.39, 0.29) is 5.84 Å². The Morgan fingerprint density at radius 2 is 2.13 bits per heavy atom. The van der Waals surface area contributed by atoms with Crippen LogP contribution in [0.15, 0.2) is 23.5 Å². The van der Waals surface area contributed by atoms with E-state index in [1.807, 2.05) is 6.07 Å². The van der Waals surface area contributed by atoms with Gasteiger partial charge < -0.3 is 15.8 Å². The van der Waals surface area contributed by atoms with E-state index in [4.69, 9.17) is 10.9 Å². The van der Waals surface area contributed by atoms with Gasteiger partial charge in [-0.05, 0) is 25.0 Å². The van der Waals surface area contributed by atoms with Gasteiger partial charge in [-0.2, -0.15) is 0 Å². The van der Waals surface area contributed by atoms with E-state index in [1.165, 1.54) is 12.8 Å². The van der Waals surface area contributed by atoms with Crippen molar-refractivity contribution < 1.29 is 5.21 Å². The maximum atomic E-state index is 8.48. The number of anilines is 1. The molecule has 3 N–H and O–H groups in total. The molecule has 1 aromatic rings. The van der Waals surface area contributed by atoms with Crippen LogP contribution < -0.4 is 10.6 Å². The summed E-state index contributed by atoms with van der Waals surface area (Å²) >= 11 is 0. The molecule has 5 nitrogen and oxygen atoms in total. The molecule has 5 heteroatoms. The van der Waals surface area contributed by atoms with Crippen LogP contribution in [0.2, 0.25) is 0 Å². The van der Waals surface area contributed by atoms with E-state index in [9.17, 15) is 0 Å². The Labute approximate surface area is 88.2 Å². The lowest BCUT2D eigenvalue weighted by Crippen LogP contribution is -2.19. The number of nitrogens with zero attached hydrogens (tertiary/aromatic N) is 3. The molecular formula is C10H14N4O. The van der Waals surface area contributed by atoms with Crippen LogP contribution in [0, 0.1) is 0 Å². The molecule has 80 valence electrons. The highest BCUT2D eigenvalue weighted by molar-refractivity contribution is 5.95. The van der Waals surface area contributed by atoms with Gasteiger partial charge in [0.25, 0.3) is 0 Å². The minimum absolute atomic E-state index is 0.0444. The van der Waals surface area contributed by atoms with Gasteiger partial charge >= 0.3 is 0 Å². The standard InChI is InChI=1S/C10H14N4O/c11-10(13-15)9-4-3-8(7-12-9)14-5-1-2-6-14/h3-4,7,15H,1-2,5-6H2,(H2,11,13).